The highest BCUT2D eigenvalue weighted by molar-refractivity contribution is 6.03. The number of nitrogens with zero attached hydrogens (tertiary/aromatic N) is 3. The molecule has 0 saturated carbocycles. The molecule has 17 heavy (non-hydrogen) atoms. The maximum Gasteiger partial charge on any atom is 0.272 e. The van der Waals surface area contributed by atoms with Crippen molar-refractivity contribution in [3.63, 3.8) is 0 Å². The van der Waals surface area contributed by atoms with Gasteiger partial charge in [-0.2, -0.15) is 5.10 Å². The molecule has 6 heteroatoms. The third kappa shape index (κ3) is 1.76. The Morgan fingerprint density at radius 1 is 1.41 bits per heavy atom. The minimum Gasteiger partial charge on any atom is -0.378 e. The SMILES string of the molecule is O=C(c1[nH]nc2ncccc12)N1CCOCC1. The number of ether oxygens (including phenoxy) is 1. The molecule has 0 aromatic carbocycles. The number of amides is 1. The van der Waals surface area contributed by atoms with Gasteiger partial charge in [-0.3, -0.25) is 9.89 Å². The van der Waals surface area contributed by atoms with Gasteiger partial charge in [0.05, 0.1) is 18.6 Å². The van der Waals surface area contributed by atoms with E-state index >= 15 is 0 Å². The Labute approximate surface area is 97.6 Å². The fourth-order valence-electron chi connectivity index (χ4n) is 1.94. The van der Waals surface area contributed by atoms with E-state index in [1.54, 1.807) is 17.2 Å². The standard InChI is InChI=1S/C11H12N4O2/c16-11(15-4-6-17-7-5-15)9-8-2-1-3-12-10(8)14-13-9/h1-3H,4-7H2,(H,12,13,14). The normalized spacial score (nSPS) is 16.4. The molecule has 2 aromatic rings. The average molecular weight is 232 g/mol. The van der Waals surface area contributed by atoms with Gasteiger partial charge in [0, 0.05) is 19.3 Å². The maximum absolute atomic E-state index is 12.2. The smallest absolute Gasteiger partial charge is 0.272 e. The van der Waals surface area contributed by atoms with Crippen LogP contribution in [0.5, 0.6) is 0 Å². The zero-order valence-corrected chi connectivity index (χ0v) is 9.22. The Morgan fingerprint density at radius 3 is 3.06 bits per heavy atom. The van der Waals surface area contributed by atoms with Crippen molar-refractivity contribution in [3.8, 4) is 0 Å². The molecule has 1 fully saturated rings. The summed E-state index contributed by atoms with van der Waals surface area (Å²) in [6.07, 6.45) is 1.66. The predicted octanol–water partition coefficient (Wildman–Crippen LogP) is 0.430. The lowest BCUT2D eigenvalue weighted by molar-refractivity contribution is 0.0300. The summed E-state index contributed by atoms with van der Waals surface area (Å²) in [6, 6.07) is 3.65. The number of carbonyl (C=O) groups excluding carboxylic acids is 1. The zero-order chi connectivity index (χ0) is 11.7. The molecule has 6 nitrogen and oxygen atoms in total. The van der Waals surface area contributed by atoms with Crippen LogP contribution in [0, 0.1) is 0 Å². The van der Waals surface area contributed by atoms with Gasteiger partial charge in [-0.05, 0) is 12.1 Å². The fraction of sp³-hybridized carbons (Fsp3) is 0.364. The van der Waals surface area contributed by atoms with Crippen LogP contribution >= 0.6 is 0 Å². The summed E-state index contributed by atoms with van der Waals surface area (Å²) in [5.74, 6) is -0.0381. The van der Waals surface area contributed by atoms with Crippen LogP contribution in [0.15, 0.2) is 18.3 Å². The van der Waals surface area contributed by atoms with E-state index in [1.807, 2.05) is 6.07 Å². The number of carbonyl (C=O) groups is 1. The molecule has 3 heterocycles. The highest BCUT2D eigenvalue weighted by atomic mass is 16.5. The van der Waals surface area contributed by atoms with Gasteiger partial charge in [-0.25, -0.2) is 4.98 Å². The minimum absolute atomic E-state index is 0.0381. The number of aromatic amines is 1. The number of morpholine rings is 1. The molecule has 2 aromatic heterocycles. The van der Waals surface area contributed by atoms with Gasteiger partial charge < -0.3 is 9.64 Å². The van der Waals surface area contributed by atoms with Crippen LogP contribution in [0.3, 0.4) is 0 Å². The van der Waals surface area contributed by atoms with E-state index in [9.17, 15) is 4.79 Å². The average Bonchev–Trinajstić information content (AvgIpc) is 2.83. The van der Waals surface area contributed by atoms with E-state index in [0.29, 0.717) is 37.6 Å². The highest BCUT2D eigenvalue weighted by Crippen LogP contribution is 2.15. The summed E-state index contributed by atoms with van der Waals surface area (Å²) in [5, 5.41) is 7.55. The van der Waals surface area contributed by atoms with Crippen LogP contribution in [0.2, 0.25) is 0 Å². The molecule has 0 unspecified atom stereocenters. The van der Waals surface area contributed by atoms with Gasteiger partial charge in [0.1, 0.15) is 5.69 Å². The molecule has 0 spiro atoms. The van der Waals surface area contributed by atoms with Gasteiger partial charge in [0.2, 0.25) is 0 Å². The second-order valence-corrected chi connectivity index (χ2v) is 3.88. The second kappa shape index (κ2) is 4.14. The van der Waals surface area contributed by atoms with Gasteiger partial charge in [-0.1, -0.05) is 0 Å². The summed E-state index contributed by atoms with van der Waals surface area (Å²) in [7, 11) is 0. The summed E-state index contributed by atoms with van der Waals surface area (Å²) < 4.78 is 5.22. The van der Waals surface area contributed by atoms with E-state index in [0.717, 1.165) is 5.39 Å². The van der Waals surface area contributed by atoms with Gasteiger partial charge in [-0.15, -0.1) is 0 Å². The van der Waals surface area contributed by atoms with Crippen LogP contribution in [-0.2, 0) is 4.74 Å². The number of pyridine rings is 1. The molecule has 88 valence electrons. The lowest BCUT2D eigenvalue weighted by atomic mass is 10.2. The van der Waals surface area contributed by atoms with Gasteiger partial charge >= 0.3 is 0 Å². The molecule has 0 atom stereocenters. The Hall–Kier alpha value is -1.95. The van der Waals surface area contributed by atoms with E-state index < -0.39 is 0 Å². The monoisotopic (exact) mass is 232 g/mol. The van der Waals surface area contributed by atoms with Crippen molar-refractivity contribution in [2.75, 3.05) is 26.3 Å². The lowest BCUT2D eigenvalue weighted by Crippen LogP contribution is -2.40. The molecular formula is C11H12N4O2. The fourth-order valence-corrected chi connectivity index (χ4v) is 1.94. The van der Waals surface area contributed by atoms with Crippen molar-refractivity contribution in [2.45, 2.75) is 0 Å². The zero-order valence-electron chi connectivity index (χ0n) is 9.22. The van der Waals surface area contributed by atoms with Crippen molar-refractivity contribution >= 4 is 16.9 Å². The molecule has 0 aliphatic carbocycles. The number of hydrogen-bond acceptors (Lipinski definition) is 4. The number of H-pyrrole nitrogens is 1. The van der Waals surface area contributed by atoms with Crippen LogP contribution < -0.4 is 0 Å². The Morgan fingerprint density at radius 2 is 2.24 bits per heavy atom. The predicted molar refractivity (Wildman–Crippen MR) is 60.6 cm³/mol. The van der Waals surface area contributed by atoms with Crippen molar-refractivity contribution in [3.05, 3.63) is 24.0 Å². The lowest BCUT2D eigenvalue weighted by Gasteiger charge is -2.26. The molecule has 1 aliphatic rings. The first kappa shape index (κ1) is 10.2. The summed E-state index contributed by atoms with van der Waals surface area (Å²) in [4.78, 5) is 18.1. The van der Waals surface area contributed by atoms with Gasteiger partial charge in [0.15, 0.2) is 5.65 Å². The molecule has 1 N–H and O–H groups in total. The maximum atomic E-state index is 12.2. The number of rotatable bonds is 1. The number of aromatic nitrogens is 3. The Bertz CT molecular complexity index is 545. The van der Waals surface area contributed by atoms with E-state index in [-0.39, 0.29) is 5.91 Å². The molecular weight excluding hydrogens is 220 g/mol. The minimum atomic E-state index is -0.0381. The van der Waals surface area contributed by atoms with Crippen LogP contribution in [0.1, 0.15) is 10.5 Å². The van der Waals surface area contributed by atoms with Crippen molar-refractivity contribution in [2.24, 2.45) is 0 Å². The molecule has 0 radical (unpaired) electrons. The summed E-state index contributed by atoms with van der Waals surface area (Å²) >= 11 is 0. The first-order valence-electron chi connectivity index (χ1n) is 5.52. The largest absolute Gasteiger partial charge is 0.378 e. The van der Waals surface area contributed by atoms with Crippen LogP contribution in [-0.4, -0.2) is 52.3 Å². The third-order valence-electron chi connectivity index (χ3n) is 2.84. The summed E-state index contributed by atoms with van der Waals surface area (Å²) in [6.45, 7) is 2.44. The third-order valence-corrected chi connectivity index (χ3v) is 2.84. The first-order chi connectivity index (χ1) is 8.36. The number of nitrogens with one attached hydrogen (secondary N) is 1. The molecule has 0 bridgehead atoms. The first-order valence-corrected chi connectivity index (χ1v) is 5.52. The van der Waals surface area contributed by atoms with Crippen LogP contribution in [0.25, 0.3) is 11.0 Å². The van der Waals surface area contributed by atoms with Crippen molar-refractivity contribution < 1.29 is 9.53 Å². The second-order valence-electron chi connectivity index (χ2n) is 3.88. The quantitative estimate of drug-likeness (QED) is 0.774. The summed E-state index contributed by atoms with van der Waals surface area (Å²) in [5.41, 5.74) is 1.08. The van der Waals surface area contributed by atoms with E-state index in [1.165, 1.54) is 0 Å². The van der Waals surface area contributed by atoms with Gasteiger partial charge in [0.25, 0.3) is 5.91 Å². The van der Waals surface area contributed by atoms with Crippen LogP contribution in [0.4, 0.5) is 0 Å². The number of hydrogen-bond donors (Lipinski definition) is 1. The Kier molecular flexibility index (Phi) is 2.49. The topological polar surface area (TPSA) is 71.1 Å². The van der Waals surface area contributed by atoms with E-state index in [2.05, 4.69) is 15.2 Å². The molecule has 3 rings (SSSR count). The number of fused-ring (bicyclic) bond motifs is 1. The Balaban J connectivity index is 1.95. The van der Waals surface area contributed by atoms with Crippen molar-refractivity contribution in [1.82, 2.24) is 20.1 Å². The highest BCUT2D eigenvalue weighted by Gasteiger charge is 2.22. The molecule has 1 aliphatic heterocycles. The molecule has 1 amide bonds. The molecule has 1 saturated heterocycles. The van der Waals surface area contributed by atoms with E-state index in [4.69, 9.17) is 4.74 Å². The van der Waals surface area contributed by atoms with Crippen molar-refractivity contribution in [1.29, 1.82) is 0 Å².